The molecular formula is C32H37F6N3O3. The first-order valence-corrected chi connectivity index (χ1v) is 14.4. The van der Waals surface area contributed by atoms with Crippen LogP contribution in [0.2, 0.25) is 0 Å². The van der Waals surface area contributed by atoms with Crippen molar-refractivity contribution in [1.82, 2.24) is 14.7 Å². The van der Waals surface area contributed by atoms with E-state index in [0.717, 1.165) is 23.2 Å². The van der Waals surface area contributed by atoms with Crippen LogP contribution in [-0.4, -0.2) is 98.9 Å². The van der Waals surface area contributed by atoms with Gasteiger partial charge >= 0.3 is 12.4 Å². The van der Waals surface area contributed by atoms with E-state index in [1.807, 2.05) is 32.0 Å². The Morgan fingerprint density at radius 1 is 0.886 bits per heavy atom. The highest BCUT2D eigenvalue weighted by molar-refractivity contribution is 5.95. The van der Waals surface area contributed by atoms with Crippen LogP contribution >= 0.6 is 0 Å². The van der Waals surface area contributed by atoms with Crippen LogP contribution in [0.1, 0.15) is 38.2 Å². The second-order valence-corrected chi connectivity index (χ2v) is 11.3. The van der Waals surface area contributed by atoms with Gasteiger partial charge in [-0.25, -0.2) is 0 Å². The number of piperazine rings is 1. The molecule has 6 nitrogen and oxygen atoms in total. The highest BCUT2D eigenvalue weighted by Crippen LogP contribution is 2.37. The fourth-order valence-electron chi connectivity index (χ4n) is 5.50. The minimum Gasteiger partial charge on any atom is -0.382 e. The van der Waals surface area contributed by atoms with Crippen molar-refractivity contribution in [3.05, 3.63) is 69.8 Å². The van der Waals surface area contributed by atoms with Crippen molar-refractivity contribution in [1.29, 1.82) is 0 Å². The summed E-state index contributed by atoms with van der Waals surface area (Å²) >= 11 is 0. The molecular weight excluding hydrogens is 588 g/mol. The van der Waals surface area contributed by atoms with Gasteiger partial charge in [-0.05, 0) is 55.2 Å². The lowest BCUT2D eigenvalue weighted by Gasteiger charge is -2.41. The minimum atomic E-state index is -5.04. The number of ether oxygens (including phenoxy) is 2. The first-order chi connectivity index (χ1) is 20.7. The van der Waals surface area contributed by atoms with Crippen LogP contribution in [0.5, 0.6) is 0 Å². The fourth-order valence-corrected chi connectivity index (χ4v) is 5.50. The predicted octanol–water partition coefficient (Wildman–Crippen LogP) is 5.06. The fraction of sp³-hybridized carbons (Fsp3) is 0.531. The van der Waals surface area contributed by atoms with Crippen LogP contribution in [-0.2, 0) is 28.2 Å². The van der Waals surface area contributed by atoms with Gasteiger partial charge in [-0.2, -0.15) is 26.3 Å². The monoisotopic (exact) mass is 625 g/mol. The molecule has 2 aromatic carbocycles. The van der Waals surface area contributed by atoms with E-state index in [9.17, 15) is 31.1 Å². The van der Waals surface area contributed by atoms with Crippen LogP contribution in [0.4, 0.5) is 26.3 Å². The molecule has 2 heterocycles. The van der Waals surface area contributed by atoms with Crippen LogP contribution in [0.25, 0.3) is 0 Å². The smallest absolute Gasteiger partial charge is 0.382 e. The highest BCUT2D eigenvalue weighted by atomic mass is 19.4. The lowest BCUT2D eigenvalue weighted by atomic mass is 9.97. The number of carbonyl (C=O) groups is 1. The average Bonchev–Trinajstić information content (AvgIpc) is 2.96. The summed E-state index contributed by atoms with van der Waals surface area (Å²) in [4.78, 5) is 19.3. The van der Waals surface area contributed by atoms with Crippen molar-refractivity contribution in [2.24, 2.45) is 0 Å². The molecule has 240 valence electrons. The topological polar surface area (TPSA) is 45.2 Å². The van der Waals surface area contributed by atoms with Gasteiger partial charge in [0.2, 0.25) is 0 Å². The molecule has 0 bridgehead atoms. The summed E-state index contributed by atoms with van der Waals surface area (Å²) in [6, 6.07) is 6.43. The van der Waals surface area contributed by atoms with Gasteiger partial charge in [0.05, 0.1) is 43.5 Å². The molecule has 2 aromatic rings. The standard InChI is InChI=1S/C32H37F6N3O3/c1-22-6-7-24(14-23(22)2)15-28-19-39(8-4-5-9-40-12-13-44-29(20-40)21-43-3)10-11-41(28)30(42)25-16-26(31(33,34)35)18-27(17-25)32(36,37)38/h6-7,14,16-18,28-29H,8-13,15,19-21H2,1-3H3/t28-,29+/m1/s1. The molecule has 12 heteroatoms. The van der Waals surface area contributed by atoms with Gasteiger partial charge in [-0.15, -0.1) is 0 Å². The van der Waals surface area contributed by atoms with E-state index >= 15 is 0 Å². The zero-order valence-corrected chi connectivity index (χ0v) is 25.0. The van der Waals surface area contributed by atoms with Gasteiger partial charge < -0.3 is 14.4 Å². The molecule has 2 fully saturated rings. The predicted molar refractivity (Wildman–Crippen MR) is 153 cm³/mol. The average molecular weight is 626 g/mol. The van der Waals surface area contributed by atoms with E-state index in [4.69, 9.17) is 9.47 Å². The van der Waals surface area contributed by atoms with E-state index < -0.39 is 41.0 Å². The maximum absolute atomic E-state index is 13.6. The summed E-state index contributed by atoms with van der Waals surface area (Å²) in [6.07, 6.45) is -9.70. The summed E-state index contributed by atoms with van der Waals surface area (Å²) in [5, 5.41) is 0. The molecule has 2 atom stereocenters. The number of methoxy groups -OCH3 is 1. The van der Waals surface area contributed by atoms with Crippen molar-refractivity contribution in [3.8, 4) is 11.8 Å². The second kappa shape index (κ2) is 14.3. The third kappa shape index (κ3) is 8.97. The van der Waals surface area contributed by atoms with Crippen molar-refractivity contribution >= 4 is 5.91 Å². The SMILES string of the molecule is COC[C@@H]1CN(CC#CCN2CCN(C(=O)c3cc(C(F)(F)F)cc(C(F)(F)F)c3)[C@H](Cc3ccc(C)c(C)c3)C2)CCO1. The molecule has 0 radical (unpaired) electrons. The third-order valence-corrected chi connectivity index (χ3v) is 8.01. The number of benzene rings is 2. The Bertz CT molecular complexity index is 1330. The van der Waals surface area contributed by atoms with Gasteiger partial charge in [0.15, 0.2) is 0 Å². The summed E-state index contributed by atoms with van der Waals surface area (Å²) in [7, 11) is 1.63. The van der Waals surface area contributed by atoms with Crippen molar-refractivity contribution in [2.45, 2.75) is 44.8 Å². The van der Waals surface area contributed by atoms with E-state index in [0.29, 0.717) is 64.5 Å². The van der Waals surface area contributed by atoms with Gasteiger partial charge in [0, 0.05) is 51.4 Å². The largest absolute Gasteiger partial charge is 0.416 e. The van der Waals surface area contributed by atoms with Crippen molar-refractivity contribution in [2.75, 3.05) is 66.1 Å². The van der Waals surface area contributed by atoms with E-state index in [2.05, 4.69) is 21.6 Å². The van der Waals surface area contributed by atoms with Crippen LogP contribution < -0.4 is 0 Å². The van der Waals surface area contributed by atoms with Crippen LogP contribution in [0, 0.1) is 25.7 Å². The summed E-state index contributed by atoms with van der Waals surface area (Å²) in [6.45, 7) is 8.36. The zero-order chi connectivity index (χ0) is 32.1. The first kappa shape index (κ1) is 33.8. The van der Waals surface area contributed by atoms with Crippen molar-refractivity contribution < 1.29 is 40.6 Å². The lowest BCUT2D eigenvalue weighted by Crippen LogP contribution is -2.56. The normalized spacial score (nSPS) is 20.3. The molecule has 0 aliphatic carbocycles. The molecule has 0 spiro atoms. The summed E-state index contributed by atoms with van der Waals surface area (Å²) < 4.78 is 92.0. The molecule has 1 amide bonds. The van der Waals surface area contributed by atoms with Gasteiger partial charge in [0.1, 0.15) is 0 Å². The Balaban J connectivity index is 1.53. The summed E-state index contributed by atoms with van der Waals surface area (Å²) in [5.74, 6) is 5.51. The van der Waals surface area contributed by atoms with Crippen LogP contribution in [0.15, 0.2) is 36.4 Å². The number of amides is 1. The number of carbonyl (C=O) groups excluding carboxylic acids is 1. The number of hydrogen-bond acceptors (Lipinski definition) is 5. The molecule has 44 heavy (non-hydrogen) atoms. The number of morpholine rings is 1. The highest BCUT2D eigenvalue weighted by Gasteiger charge is 2.39. The Morgan fingerprint density at radius 2 is 1.52 bits per heavy atom. The Hall–Kier alpha value is -3.11. The molecule has 2 aliphatic heterocycles. The van der Waals surface area contributed by atoms with Crippen LogP contribution in [0.3, 0.4) is 0 Å². The molecule has 4 rings (SSSR count). The summed E-state index contributed by atoms with van der Waals surface area (Å²) in [5.41, 5.74) is -0.611. The maximum Gasteiger partial charge on any atom is 0.416 e. The number of aryl methyl sites for hydroxylation is 2. The number of rotatable bonds is 7. The molecule has 0 N–H and O–H groups in total. The van der Waals surface area contributed by atoms with Crippen molar-refractivity contribution in [3.63, 3.8) is 0 Å². The second-order valence-electron chi connectivity index (χ2n) is 11.3. The Labute approximate surface area is 253 Å². The number of nitrogens with zero attached hydrogens (tertiary/aromatic N) is 3. The molecule has 0 saturated carbocycles. The molecule has 0 unspecified atom stereocenters. The number of halogens is 6. The first-order valence-electron chi connectivity index (χ1n) is 14.4. The van der Waals surface area contributed by atoms with Gasteiger partial charge in [0.25, 0.3) is 5.91 Å². The molecule has 0 aromatic heterocycles. The third-order valence-electron chi connectivity index (χ3n) is 8.01. The maximum atomic E-state index is 13.6. The Kier molecular flexibility index (Phi) is 11.0. The Morgan fingerprint density at radius 3 is 2.11 bits per heavy atom. The lowest BCUT2D eigenvalue weighted by molar-refractivity contribution is -0.143. The number of alkyl halides is 6. The van der Waals surface area contributed by atoms with E-state index in [1.54, 1.807) is 7.11 Å². The zero-order valence-electron chi connectivity index (χ0n) is 25.0. The minimum absolute atomic E-state index is 0.00336. The van der Waals surface area contributed by atoms with E-state index in [-0.39, 0.29) is 18.7 Å². The number of hydrogen-bond donors (Lipinski definition) is 0. The van der Waals surface area contributed by atoms with E-state index in [1.165, 1.54) is 4.90 Å². The molecule has 2 aliphatic rings. The quantitative estimate of drug-likeness (QED) is 0.318. The van der Waals surface area contributed by atoms with Gasteiger partial charge in [-0.1, -0.05) is 30.0 Å². The molecule has 2 saturated heterocycles. The van der Waals surface area contributed by atoms with Gasteiger partial charge in [-0.3, -0.25) is 14.6 Å².